The van der Waals surface area contributed by atoms with Crippen molar-refractivity contribution in [3.05, 3.63) is 0 Å². The highest BCUT2D eigenvalue weighted by atomic mass is 16.4. The molecule has 0 aromatic rings. The summed E-state index contributed by atoms with van der Waals surface area (Å²) in [6.07, 6.45) is 6.95. The van der Waals surface area contributed by atoms with Gasteiger partial charge in [0.2, 0.25) is 5.91 Å². The van der Waals surface area contributed by atoms with E-state index in [1.165, 1.54) is 0 Å². The van der Waals surface area contributed by atoms with Gasteiger partial charge in [-0.1, -0.05) is 20.8 Å². The molecule has 9 atom stereocenters. The number of fused-ring (bicyclic) bond motifs is 5. The van der Waals surface area contributed by atoms with Gasteiger partial charge in [0, 0.05) is 19.5 Å². The van der Waals surface area contributed by atoms with Gasteiger partial charge in [0.15, 0.2) is 0 Å². The molecule has 4 rings (SSSR count). The van der Waals surface area contributed by atoms with E-state index < -0.39 is 12.6 Å². The molecule has 3 aliphatic carbocycles. The molecule has 4 fully saturated rings. The first-order valence-electron chi connectivity index (χ1n) is 12.4. The predicted octanol–water partition coefficient (Wildman–Crippen LogP) is 3.16. The largest absolute Gasteiger partial charge is 0.481 e. The molecule has 3 saturated carbocycles. The number of hydrogen-bond acceptors (Lipinski definition) is 4. The summed E-state index contributed by atoms with van der Waals surface area (Å²) in [6, 6.07) is 0. The lowest BCUT2D eigenvalue weighted by Crippen LogP contribution is -2.61. The van der Waals surface area contributed by atoms with Crippen molar-refractivity contribution in [2.75, 3.05) is 19.7 Å². The maximum Gasteiger partial charge on any atom is 0.303 e. The van der Waals surface area contributed by atoms with E-state index >= 15 is 0 Å². The van der Waals surface area contributed by atoms with Crippen LogP contribution in [0.15, 0.2) is 0 Å². The smallest absolute Gasteiger partial charge is 0.303 e. The summed E-state index contributed by atoms with van der Waals surface area (Å²) in [4.78, 5) is 25.0. The highest BCUT2D eigenvalue weighted by molar-refractivity contribution is 5.77. The maximum atomic E-state index is 12.1. The minimum Gasteiger partial charge on any atom is -0.481 e. The van der Waals surface area contributed by atoms with Crippen LogP contribution in [-0.2, 0) is 9.59 Å². The van der Waals surface area contributed by atoms with E-state index in [0.717, 1.165) is 44.9 Å². The Hall–Kier alpha value is -1.14. The molecule has 6 heteroatoms. The second-order valence-corrected chi connectivity index (χ2v) is 11.7. The number of aliphatic hydroxyl groups excluding tert-OH is 2. The molecule has 0 unspecified atom stereocenters. The fourth-order valence-electron chi connectivity index (χ4n) is 8.78. The van der Waals surface area contributed by atoms with Crippen LogP contribution < -0.4 is 0 Å². The number of carbonyl (C=O) groups excluding carboxylic acids is 1. The third-order valence-electron chi connectivity index (χ3n) is 10.5. The van der Waals surface area contributed by atoms with Crippen molar-refractivity contribution < 1.29 is 24.9 Å². The van der Waals surface area contributed by atoms with Gasteiger partial charge in [0.25, 0.3) is 0 Å². The van der Waals surface area contributed by atoms with E-state index in [1.807, 2.05) is 0 Å². The lowest BCUT2D eigenvalue weighted by Gasteiger charge is -2.63. The zero-order chi connectivity index (χ0) is 22.6. The van der Waals surface area contributed by atoms with Crippen LogP contribution in [0.25, 0.3) is 0 Å². The standard InChI is InChI=1S/C25H41NO5/c1-15(4-7-22(30)31)17-5-6-18-23-19(8-9-25(17,18)3)24(2)10-11-26(21(29)14-27)13-16(24)12-20(23)28/h15-20,23,27-28H,4-14H2,1-3H3,(H,30,31)/t15-,16-,17-,18+,19+,20+,23+,24+,25-/m1/s1. The monoisotopic (exact) mass is 435 g/mol. The number of amides is 1. The number of carboxylic acids is 1. The second-order valence-electron chi connectivity index (χ2n) is 11.7. The van der Waals surface area contributed by atoms with Crippen molar-refractivity contribution in [3.63, 3.8) is 0 Å². The number of nitrogens with zero attached hydrogens (tertiary/aromatic N) is 1. The first-order chi connectivity index (χ1) is 14.6. The predicted molar refractivity (Wildman–Crippen MR) is 117 cm³/mol. The van der Waals surface area contributed by atoms with E-state index in [4.69, 9.17) is 5.11 Å². The molecule has 4 aliphatic rings. The van der Waals surface area contributed by atoms with Crippen LogP contribution in [0, 0.1) is 46.3 Å². The van der Waals surface area contributed by atoms with Crippen molar-refractivity contribution in [1.82, 2.24) is 4.90 Å². The molecule has 0 spiro atoms. The Morgan fingerprint density at radius 2 is 1.81 bits per heavy atom. The normalized spacial score (nSPS) is 45.4. The molecule has 0 radical (unpaired) electrons. The highest BCUT2D eigenvalue weighted by Gasteiger charge is 2.63. The minimum atomic E-state index is -0.706. The highest BCUT2D eigenvalue weighted by Crippen LogP contribution is 2.67. The van der Waals surface area contributed by atoms with Gasteiger partial charge in [0.05, 0.1) is 6.10 Å². The lowest BCUT2D eigenvalue weighted by atomic mass is 9.44. The Morgan fingerprint density at radius 1 is 1.10 bits per heavy atom. The Bertz CT molecular complexity index is 712. The van der Waals surface area contributed by atoms with Crippen molar-refractivity contribution >= 4 is 11.9 Å². The van der Waals surface area contributed by atoms with Gasteiger partial charge in [-0.25, -0.2) is 0 Å². The van der Waals surface area contributed by atoms with Crippen LogP contribution in [0.1, 0.15) is 72.1 Å². The molecule has 1 aliphatic heterocycles. The number of carboxylic acid groups (broad SMARTS) is 1. The summed E-state index contributed by atoms with van der Waals surface area (Å²) in [5.74, 6) is 1.65. The second kappa shape index (κ2) is 8.33. The summed E-state index contributed by atoms with van der Waals surface area (Å²) in [5, 5.41) is 29.8. The van der Waals surface area contributed by atoms with Gasteiger partial charge in [0.1, 0.15) is 6.61 Å². The van der Waals surface area contributed by atoms with Gasteiger partial charge in [-0.15, -0.1) is 0 Å². The van der Waals surface area contributed by atoms with Crippen LogP contribution in [0.5, 0.6) is 0 Å². The van der Waals surface area contributed by atoms with Crippen molar-refractivity contribution in [2.45, 2.75) is 78.2 Å². The number of aliphatic hydroxyl groups is 2. The molecule has 3 N–H and O–H groups in total. The number of hydrogen-bond donors (Lipinski definition) is 3. The van der Waals surface area contributed by atoms with Crippen LogP contribution in [0.2, 0.25) is 0 Å². The van der Waals surface area contributed by atoms with E-state index in [9.17, 15) is 19.8 Å². The average Bonchev–Trinajstić information content (AvgIpc) is 3.08. The zero-order valence-corrected chi connectivity index (χ0v) is 19.4. The summed E-state index contributed by atoms with van der Waals surface area (Å²) in [7, 11) is 0. The third kappa shape index (κ3) is 3.72. The quantitative estimate of drug-likeness (QED) is 0.616. The van der Waals surface area contributed by atoms with Crippen molar-refractivity contribution in [2.24, 2.45) is 46.3 Å². The van der Waals surface area contributed by atoms with Gasteiger partial charge in [-0.2, -0.15) is 0 Å². The van der Waals surface area contributed by atoms with Crippen LogP contribution in [0.3, 0.4) is 0 Å². The van der Waals surface area contributed by atoms with E-state index in [2.05, 4.69) is 20.8 Å². The van der Waals surface area contributed by atoms with Gasteiger partial charge < -0.3 is 20.2 Å². The molecular formula is C25H41NO5. The fraction of sp³-hybridized carbons (Fsp3) is 0.920. The summed E-state index contributed by atoms with van der Waals surface area (Å²) >= 11 is 0. The Labute approximate surface area is 186 Å². The third-order valence-corrected chi connectivity index (χ3v) is 10.5. The zero-order valence-electron chi connectivity index (χ0n) is 19.4. The molecule has 176 valence electrons. The van der Waals surface area contributed by atoms with E-state index in [0.29, 0.717) is 48.6 Å². The molecule has 0 bridgehead atoms. The van der Waals surface area contributed by atoms with Crippen molar-refractivity contribution in [1.29, 1.82) is 0 Å². The van der Waals surface area contributed by atoms with Crippen LogP contribution >= 0.6 is 0 Å². The van der Waals surface area contributed by atoms with Crippen molar-refractivity contribution in [3.8, 4) is 0 Å². The number of carbonyl (C=O) groups is 2. The molecule has 0 aromatic carbocycles. The Kier molecular flexibility index (Phi) is 6.19. The number of likely N-dealkylation sites (tertiary alicyclic amines) is 1. The topological polar surface area (TPSA) is 98.1 Å². The van der Waals surface area contributed by atoms with E-state index in [1.54, 1.807) is 4.90 Å². The molecule has 1 saturated heterocycles. The van der Waals surface area contributed by atoms with Gasteiger partial charge in [-0.05, 0) is 91.3 Å². The first-order valence-corrected chi connectivity index (χ1v) is 12.4. The minimum absolute atomic E-state index is 0.143. The van der Waals surface area contributed by atoms with Crippen LogP contribution in [0.4, 0.5) is 0 Å². The molecule has 1 amide bonds. The molecule has 1 heterocycles. The fourth-order valence-corrected chi connectivity index (χ4v) is 8.78. The molecular weight excluding hydrogens is 394 g/mol. The summed E-state index contributed by atoms with van der Waals surface area (Å²) in [5.41, 5.74) is 0.335. The molecule has 6 nitrogen and oxygen atoms in total. The number of aliphatic carboxylic acids is 1. The SMILES string of the molecule is C[C@H](CCC(=O)O)[C@H]1CC[C@H]2[C@@H]3[C@@H](O)C[C@@H]4CN(C(=O)CO)CC[C@]4(C)[C@H]3CC[C@]12C. The summed E-state index contributed by atoms with van der Waals surface area (Å²) < 4.78 is 0. The lowest BCUT2D eigenvalue weighted by molar-refractivity contribution is -0.176. The number of piperidine rings is 1. The molecule has 31 heavy (non-hydrogen) atoms. The van der Waals surface area contributed by atoms with Gasteiger partial charge in [-0.3, -0.25) is 9.59 Å². The molecule has 0 aromatic heterocycles. The Morgan fingerprint density at radius 3 is 2.48 bits per heavy atom. The van der Waals surface area contributed by atoms with Crippen LogP contribution in [-0.4, -0.2) is 57.9 Å². The van der Waals surface area contributed by atoms with Gasteiger partial charge >= 0.3 is 5.97 Å². The average molecular weight is 436 g/mol. The maximum absolute atomic E-state index is 12.1. The van der Waals surface area contributed by atoms with E-state index in [-0.39, 0.29) is 29.3 Å². The summed E-state index contributed by atoms with van der Waals surface area (Å²) in [6.45, 7) is 7.99. The Balaban J connectivity index is 1.53. The number of rotatable bonds is 5. The first kappa shape index (κ1) is 23.0.